The topological polar surface area (TPSA) is 208 Å². The zero-order valence-corrected chi connectivity index (χ0v) is 35.9. The average molecular weight is 901 g/mol. The number of anilines is 2. The van der Waals surface area contributed by atoms with Crippen LogP contribution in [-0.4, -0.2) is 43.3 Å². The van der Waals surface area contributed by atoms with Crippen LogP contribution < -0.4 is 39.9 Å². The molecule has 6 N–H and O–H groups in total. The Morgan fingerprint density at radius 3 is 1.25 bits per heavy atom. The van der Waals surface area contributed by atoms with E-state index in [1.807, 2.05) is 72.8 Å². The van der Waals surface area contributed by atoms with Gasteiger partial charge >= 0.3 is 0 Å². The predicted octanol–water partition coefficient (Wildman–Crippen LogP) is 8.49. The summed E-state index contributed by atoms with van der Waals surface area (Å²) in [4.78, 5) is 0.151. The number of fused-ring (bicyclic) bond motifs is 4. The lowest BCUT2D eigenvalue weighted by Gasteiger charge is -2.18. The Labute approximate surface area is 369 Å². The second-order valence-electron chi connectivity index (χ2n) is 15.1. The van der Waals surface area contributed by atoms with Crippen molar-refractivity contribution in [2.75, 3.05) is 37.9 Å². The number of nitrogens with one attached hydrogen (secondary N) is 2. The highest BCUT2D eigenvalue weighted by Gasteiger charge is 2.29. The molecule has 0 spiro atoms. The fourth-order valence-electron chi connectivity index (χ4n) is 7.42. The van der Waals surface area contributed by atoms with E-state index in [9.17, 15) is 16.8 Å². The Hall–Kier alpha value is -6.98. The van der Waals surface area contributed by atoms with E-state index >= 15 is 0 Å². The van der Waals surface area contributed by atoms with Crippen molar-refractivity contribution in [3.05, 3.63) is 168 Å². The molecule has 2 atom stereocenters. The summed E-state index contributed by atoms with van der Waals surface area (Å²) in [5.41, 5.74) is 15.7. The summed E-state index contributed by atoms with van der Waals surface area (Å²) in [5.74, 6) is 2.82. The number of para-hydroxylation sites is 2. The van der Waals surface area contributed by atoms with E-state index in [-0.39, 0.29) is 9.79 Å². The first kappa shape index (κ1) is 42.3. The van der Waals surface area contributed by atoms with Gasteiger partial charge in [-0.05, 0) is 83.9 Å². The van der Waals surface area contributed by atoms with Gasteiger partial charge in [0.15, 0.2) is 23.0 Å². The van der Waals surface area contributed by atoms with Crippen molar-refractivity contribution in [2.45, 2.75) is 34.7 Å². The molecular weight excluding hydrogens is 857 g/mol. The first-order valence-corrected chi connectivity index (χ1v) is 23.5. The summed E-state index contributed by atoms with van der Waals surface area (Å²) in [6, 6.07) is 40.5. The first-order valence-electron chi connectivity index (χ1n) is 20.5. The van der Waals surface area contributed by atoms with Crippen LogP contribution in [0.3, 0.4) is 0 Å². The molecule has 0 radical (unpaired) electrons. The summed E-state index contributed by atoms with van der Waals surface area (Å²) in [6.07, 6.45) is 1.47. The molecule has 0 unspecified atom stereocenters. The minimum absolute atomic E-state index is 0.0757. The molecule has 2 aliphatic heterocycles. The molecule has 0 aliphatic carbocycles. The Balaban J connectivity index is 0.000000162. The lowest BCUT2D eigenvalue weighted by atomic mass is 10.0. The van der Waals surface area contributed by atoms with Crippen LogP contribution in [0.2, 0.25) is 0 Å². The number of benzene rings is 6. The normalized spacial score (nSPS) is 14.8. The van der Waals surface area contributed by atoms with E-state index in [1.165, 1.54) is 24.3 Å². The molecule has 8 aromatic rings. The van der Waals surface area contributed by atoms with Gasteiger partial charge in [-0.25, -0.2) is 16.8 Å². The van der Waals surface area contributed by atoms with Crippen LogP contribution in [0.5, 0.6) is 23.0 Å². The predicted molar refractivity (Wildman–Crippen MR) is 243 cm³/mol. The van der Waals surface area contributed by atoms with Gasteiger partial charge in [0.25, 0.3) is 0 Å². The number of ether oxygens (including phenoxy) is 4. The molecule has 328 valence electrons. The molecule has 16 heteroatoms. The van der Waals surface area contributed by atoms with Crippen LogP contribution in [0, 0.1) is 0 Å². The minimum atomic E-state index is -3.94. The maximum Gasteiger partial charge on any atom is 0.241 e. The third-order valence-electron chi connectivity index (χ3n) is 10.6. The largest absolute Gasteiger partial charge is 0.490 e. The molecule has 0 amide bonds. The fourth-order valence-corrected chi connectivity index (χ4v) is 9.83. The van der Waals surface area contributed by atoms with Gasteiger partial charge in [0, 0.05) is 47.1 Å². The highest BCUT2D eigenvalue weighted by Crippen LogP contribution is 2.36. The van der Waals surface area contributed by atoms with Gasteiger partial charge in [-0.15, -0.1) is 0 Å². The summed E-state index contributed by atoms with van der Waals surface area (Å²) < 4.78 is 93.6. The molecule has 14 nitrogen and oxygen atoms in total. The van der Waals surface area contributed by atoms with E-state index in [0.717, 1.165) is 23.6 Å². The van der Waals surface area contributed by atoms with E-state index < -0.39 is 32.1 Å². The number of hydrogen-bond donors (Lipinski definition) is 4. The number of nitrogens with two attached hydrogens (primary N) is 2. The highest BCUT2D eigenvalue weighted by atomic mass is 32.2. The first-order chi connectivity index (χ1) is 31.0. The van der Waals surface area contributed by atoms with E-state index in [1.54, 1.807) is 48.5 Å². The molecule has 10 rings (SSSR count). The summed E-state index contributed by atoms with van der Waals surface area (Å²) in [7, 11) is -7.88. The van der Waals surface area contributed by atoms with Gasteiger partial charge in [0.1, 0.15) is 34.8 Å². The van der Waals surface area contributed by atoms with Crippen molar-refractivity contribution in [1.29, 1.82) is 0 Å². The molecule has 0 saturated heterocycles. The average Bonchev–Trinajstić information content (AvgIpc) is 3.75. The van der Waals surface area contributed by atoms with E-state index in [0.29, 0.717) is 94.6 Å². The molecule has 0 saturated carbocycles. The summed E-state index contributed by atoms with van der Waals surface area (Å²) >= 11 is 0. The molecule has 0 fully saturated rings. The standard InChI is InChI=1S/2C24H22N2O5S/c2*25-18-7-3-6-17(13-18)24(23-14-16-5-1-2-8-20(16)31-23)26-32(27,28)19-9-10-21-22(15-19)30-12-4-11-29-21/h2*1-3,5-10,13-15,24,26H,4,11-12,25H2/t2*24-/m10/s1. The van der Waals surface area contributed by atoms with Crippen molar-refractivity contribution in [3.63, 3.8) is 0 Å². The number of rotatable bonds is 10. The van der Waals surface area contributed by atoms with E-state index in [4.69, 9.17) is 39.2 Å². The second kappa shape index (κ2) is 18.0. The molecule has 2 aromatic heterocycles. The lowest BCUT2D eigenvalue weighted by molar-refractivity contribution is 0.296. The number of hydrogen-bond acceptors (Lipinski definition) is 12. The van der Waals surface area contributed by atoms with Crippen molar-refractivity contribution in [3.8, 4) is 23.0 Å². The van der Waals surface area contributed by atoms with Gasteiger partial charge in [-0.3, -0.25) is 0 Å². The van der Waals surface area contributed by atoms with Crippen molar-refractivity contribution in [1.82, 2.24) is 9.44 Å². The Bertz CT molecular complexity index is 2910. The van der Waals surface area contributed by atoms with Crippen LogP contribution in [0.25, 0.3) is 21.9 Å². The zero-order valence-electron chi connectivity index (χ0n) is 34.3. The van der Waals surface area contributed by atoms with Crippen LogP contribution in [0.4, 0.5) is 11.4 Å². The molecule has 0 bridgehead atoms. The third kappa shape index (κ3) is 9.35. The Morgan fingerprint density at radius 2 is 0.844 bits per heavy atom. The second-order valence-corrected chi connectivity index (χ2v) is 18.6. The number of furan rings is 2. The van der Waals surface area contributed by atoms with Gasteiger partial charge in [0.05, 0.1) is 36.2 Å². The van der Waals surface area contributed by atoms with Gasteiger partial charge in [0.2, 0.25) is 20.0 Å². The molecule has 4 heterocycles. The summed E-state index contributed by atoms with van der Waals surface area (Å²) in [5, 5.41) is 1.76. The monoisotopic (exact) mass is 900 g/mol. The third-order valence-corrected chi connectivity index (χ3v) is 13.4. The maximum atomic E-state index is 13.4. The van der Waals surface area contributed by atoms with Gasteiger partial charge < -0.3 is 39.2 Å². The van der Waals surface area contributed by atoms with Gasteiger partial charge in [-0.1, -0.05) is 60.7 Å². The highest BCUT2D eigenvalue weighted by molar-refractivity contribution is 7.89. The quantitative estimate of drug-likeness (QED) is 0.0954. The minimum Gasteiger partial charge on any atom is -0.490 e. The smallest absolute Gasteiger partial charge is 0.241 e. The number of sulfonamides is 2. The van der Waals surface area contributed by atoms with Crippen LogP contribution in [0.1, 0.15) is 47.6 Å². The van der Waals surface area contributed by atoms with Crippen molar-refractivity contribution < 1.29 is 44.6 Å². The van der Waals surface area contributed by atoms with Gasteiger partial charge in [-0.2, -0.15) is 9.44 Å². The molecular formula is C48H44N4O10S2. The van der Waals surface area contributed by atoms with Crippen molar-refractivity contribution >= 4 is 53.4 Å². The molecule has 2 aliphatic rings. The maximum absolute atomic E-state index is 13.4. The molecule has 64 heavy (non-hydrogen) atoms. The Kier molecular flexibility index (Phi) is 11.9. The van der Waals surface area contributed by atoms with Crippen molar-refractivity contribution in [2.24, 2.45) is 0 Å². The molecule has 6 aromatic carbocycles. The Morgan fingerprint density at radius 1 is 0.438 bits per heavy atom. The van der Waals surface area contributed by atoms with Crippen LogP contribution >= 0.6 is 0 Å². The van der Waals surface area contributed by atoms with Crippen LogP contribution in [0.15, 0.2) is 164 Å². The SMILES string of the molecule is Nc1cccc([C@@H](NS(=O)(=O)c2ccc3c(c2)OCCCO3)c2cc3ccccc3o2)c1.Nc1cccc([C@H](NS(=O)(=O)c2ccc3c(c2)OCCCO3)c2cc3ccccc3o2)c1. The van der Waals surface area contributed by atoms with E-state index in [2.05, 4.69) is 9.44 Å². The van der Waals surface area contributed by atoms with Crippen LogP contribution in [-0.2, 0) is 20.0 Å². The number of nitrogen functional groups attached to an aromatic ring is 2. The fraction of sp³-hybridized carbons (Fsp3) is 0.167. The lowest BCUT2D eigenvalue weighted by Crippen LogP contribution is -2.29. The zero-order chi connectivity index (χ0) is 44.3. The summed E-state index contributed by atoms with van der Waals surface area (Å²) in [6.45, 7) is 1.99.